The van der Waals surface area contributed by atoms with E-state index in [0.29, 0.717) is 36.4 Å². The Labute approximate surface area is 201 Å². The van der Waals surface area contributed by atoms with E-state index in [1.807, 2.05) is 0 Å². The molecule has 33 heavy (non-hydrogen) atoms. The number of nitrogens with one attached hydrogen (secondary N) is 1. The van der Waals surface area contributed by atoms with Gasteiger partial charge >= 0.3 is 0 Å². The number of hydrogen-bond donors (Lipinski definition) is 1. The van der Waals surface area contributed by atoms with Gasteiger partial charge < -0.3 is 15.1 Å². The van der Waals surface area contributed by atoms with Gasteiger partial charge in [0.05, 0.1) is 0 Å². The Balaban J connectivity index is 1.20. The van der Waals surface area contributed by atoms with Crippen molar-refractivity contribution in [3.63, 3.8) is 0 Å². The van der Waals surface area contributed by atoms with Crippen molar-refractivity contribution < 1.29 is 9.59 Å². The van der Waals surface area contributed by atoms with E-state index in [2.05, 4.69) is 33.9 Å². The van der Waals surface area contributed by atoms with Gasteiger partial charge in [0.25, 0.3) is 0 Å². The fourth-order valence-corrected chi connectivity index (χ4v) is 7.46. The van der Waals surface area contributed by atoms with E-state index in [0.717, 1.165) is 38.3 Å². The Morgan fingerprint density at radius 1 is 0.970 bits per heavy atom. The van der Waals surface area contributed by atoms with E-state index in [4.69, 9.17) is 0 Å². The van der Waals surface area contributed by atoms with E-state index in [1.165, 1.54) is 64.7 Å². The molecule has 0 radical (unpaired) electrons. The molecular weight excluding hydrogens is 412 g/mol. The molecule has 6 nitrogen and oxygen atoms in total. The van der Waals surface area contributed by atoms with Crippen molar-refractivity contribution in [2.75, 3.05) is 39.3 Å². The number of likely N-dealkylation sites (tertiary alicyclic amines) is 2. The van der Waals surface area contributed by atoms with E-state index in [-0.39, 0.29) is 11.8 Å². The summed E-state index contributed by atoms with van der Waals surface area (Å²) in [4.78, 5) is 32.5. The van der Waals surface area contributed by atoms with Crippen LogP contribution < -0.4 is 5.32 Å². The second-order valence-electron chi connectivity index (χ2n) is 11.6. The molecule has 0 saturated carbocycles. The van der Waals surface area contributed by atoms with Crippen LogP contribution in [0.15, 0.2) is 0 Å². The quantitative estimate of drug-likeness (QED) is 0.602. The molecule has 0 spiro atoms. The molecule has 0 aromatic rings. The maximum absolute atomic E-state index is 12.5. The van der Waals surface area contributed by atoms with Crippen molar-refractivity contribution >= 4 is 11.8 Å². The summed E-state index contributed by atoms with van der Waals surface area (Å²) in [7, 11) is 0. The third-order valence-corrected chi connectivity index (χ3v) is 9.23. The zero-order chi connectivity index (χ0) is 23.4. The van der Waals surface area contributed by atoms with Crippen LogP contribution in [0, 0.1) is 17.8 Å². The number of rotatable bonds is 8. The van der Waals surface area contributed by atoms with Crippen molar-refractivity contribution in [3.05, 3.63) is 0 Å². The first-order valence-corrected chi connectivity index (χ1v) is 14.0. The predicted molar refractivity (Wildman–Crippen MR) is 133 cm³/mol. The van der Waals surface area contributed by atoms with Crippen LogP contribution in [-0.4, -0.2) is 83.9 Å². The van der Waals surface area contributed by atoms with E-state index < -0.39 is 0 Å². The molecule has 4 rings (SSSR count). The molecule has 2 amide bonds. The van der Waals surface area contributed by atoms with Gasteiger partial charge in [-0.2, -0.15) is 0 Å². The molecule has 4 atom stereocenters. The molecule has 0 aliphatic carbocycles. The SMILES string of the molecule is CC(=O)N1C[C@@H]2CCCN3CCC[C@@H]([C@H]23)[C@H]1CCCC(=O)NCCC1CCN(C(C)C)CC1. The van der Waals surface area contributed by atoms with Crippen LogP contribution in [0.3, 0.4) is 0 Å². The van der Waals surface area contributed by atoms with Gasteiger partial charge in [-0.05, 0) is 116 Å². The molecule has 0 aromatic heterocycles. The number of carbonyl (C=O) groups excluding carboxylic acids is 2. The van der Waals surface area contributed by atoms with Crippen LogP contribution in [0.4, 0.5) is 0 Å². The first-order chi connectivity index (χ1) is 15.9. The van der Waals surface area contributed by atoms with Gasteiger partial charge in [-0.15, -0.1) is 0 Å². The first kappa shape index (κ1) is 25.0. The fourth-order valence-electron chi connectivity index (χ4n) is 7.46. The van der Waals surface area contributed by atoms with Crippen LogP contribution in [0.2, 0.25) is 0 Å². The summed E-state index contributed by atoms with van der Waals surface area (Å²) >= 11 is 0. The second-order valence-corrected chi connectivity index (χ2v) is 11.6. The highest BCUT2D eigenvalue weighted by Gasteiger charge is 2.48. The molecule has 4 aliphatic rings. The maximum Gasteiger partial charge on any atom is 0.219 e. The van der Waals surface area contributed by atoms with Crippen molar-refractivity contribution in [2.24, 2.45) is 17.8 Å². The van der Waals surface area contributed by atoms with E-state index >= 15 is 0 Å². The third-order valence-electron chi connectivity index (χ3n) is 9.23. The Morgan fingerprint density at radius 3 is 2.39 bits per heavy atom. The average molecular weight is 461 g/mol. The molecular formula is C27H48N4O2. The minimum Gasteiger partial charge on any atom is -0.356 e. The van der Waals surface area contributed by atoms with Gasteiger partial charge in [-0.1, -0.05) is 0 Å². The lowest BCUT2D eigenvalue weighted by Gasteiger charge is -2.57. The lowest BCUT2D eigenvalue weighted by atomic mass is 9.69. The normalized spacial score (nSPS) is 31.5. The number of hydrogen-bond acceptors (Lipinski definition) is 4. The molecule has 0 bridgehead atoms. The van der Waals surface area contributed by atoms with Gasteiger partial charge in [0.2, 0.25) is 11.8 Å². The molecule has 4 saturated heterocycles. The second kappa shape index (κ2) is 11.5. The van der Waals surface area contributed by atoms with Crippen LogP contribution in [0.25, 0.3) is 0 Å². The highest BCUT2D eigenvalue weighted by Crippen LogP contribution is 2.43. The largest absolute Gasteiger partial charge is 0.356 e. The zero-order valence-electron chi connectivity index (χ0n) is 21.4. The molecule has 4 fully saturated rings. The summed E-state index contributed by atoms with van der Waals surface area (Å²) < 4.78 is 0. The highest BCUT2D eigenvalue weighted by molar-refractivity contribution is 5.76. The summed E-state index contributed by atoms with van der Waals surface area (Å²) in [5.41, 5.74) is 0. The number of amides is 2. The number of nitrogens with zero attached hydrogens (tertiary/aromatic N) is 3. The topological polar surface area (TPSA) is 55.9 Å². The van der Waals surface area contributed by atoms with Crippen molar-refractivity contribution in [1.29, 1.82) is 0 Å². The van der Waals surface area contributed by atoms with Crippen LogP contribution in [0.1, 0.15) is 85.0 Å². The highest BCUT2D eigenvalue weighted by atomic mass is 16.2. The summed E-state index contributed by atoms with van der Waals surface area (Å²) in [6, 6.07) is 1.64. The summed E-state index contributed by atoms with van der Waals surface area (Å²) in [5, 5.41) is 3.18. The lowest BCUT2D eigenvalue weighted by molar-refractivity contribution is -0.144. The number of piperidine rings is 4. The summed E-state index contributed by atoms with van der Waals surface area (Å²) in [5.74, 6) is 2.43. The summed E-state index contributed by atoms with van der Waals surface area (Å²) in [6.07, 6.45) is 11.1. The van der Waals surface area contributed by atoms with Gasteiger partial charge in [0.1, 0.15) is 0 Å². The van der Waals surface area contributed by atoms with Crippen molar-refractivity contribution in [1.82, 2.24) is 20.0 Å². The fraction of sp³-hybridized carbons (Fsp3) is 0.926. The molecule has 4 heterocycles. The monoisotopic (exact) mass is 460 g/mol. The van der Waals surface area contributed by atoms with E-state index in [1.54, 1.807) is 6.92 Å². The maximum atomic E-state index is 12.5. The van der Waals surface area contributed by atoms with Gasteiger partial charge in [-0.25, -0.2) is 0 Å². The van der Waals surface area contributed by atoms with Crippen molar-refractivity contribution in [3.8, 4) is 0 Å². The van der Waals surface area contributed by atoms with E-state index in [9.17, 15) is 9.59 Å². The summed E-state index contributed by atoms with van der Waals surface area (Å²) in [6.45, 7) is 12.9. The first-order valence-electron chi connectivity index (χ1n) is 14.0. The van der Waals surface area contributed by atoms with Crippen LogP contribution in [0.5, 0.6) is 0 Å². The van der Waals surface area contributed by atoms with Crippen LogP contribution in [-0.2, 0) is 9.59 Å². The Kier molecular flexibility index (Phi) is 8.72. The molecule has 0 unspecified atom stereocenters. The molecule has 1 N–H and O–H groups in total. The lowest BCUT2D eigenvalue weighted by Crippen LogP contribution is -2.65. The minimum absolute atomic E-state index is 0.195. The van der Waals surface area contributed by atoms with Gasteiger partial charge in [0.15, 0.2) is 0 Å². The predicted octanol–water partition coefficient (Wildman–Crippen LogP) is 3.50. The van der Waals surface area contributed by atoms with Gasteiger partial charge in [-0.3, -0.25) is 14.5 Å². The Bertz CT molecular complexity index is 659. The molecule has 6 heteroatoms. The minimum atomic E-state index is 0.195. The molecule has 188 valence electrons. The Hall–Kier alpha value is -1.14. The third kappa shape index (κ3) is 6.11. The molecule has 0 aromatic carbocycles. The zero-order valence-corrected chi connectivity index (χ0v) is 21.4. The van der Waals surface area contributed by atoms with Crippen LogP contribution >= 0.6 is 0 Å². The number of carbonyl (C=O) groups is 2. The van der Waals surface area contributed by atoms with Crippen molar-refractivity contribution in [2.45, 2.75) is 103 Å². The standard InChI is InChI=1S/C27H48N4O2/c1-20(2)29-17-12-22(13-18-29)11-14-28-26(33)10-4-9-25-24-8-6-16-30-15-5-7-23(27(24)30)19-31(25)21(3)32/h20,22-25,27H,4-19H2,1-3H3,(H,28,33)/t23-,24+,25+,27-/m0/s1. The average Bonchev–Trinajstić information content (AvgIpc) is 2.80. The van der Waals surface area contributed by atoms with Gasteiger partial charge in [0, 0.05) is 44.6 Å². The smallest absolute Gasteiger partial charge is 0.219 e. The molecule has 4 aliphatic heterocycles. The Morgan fingerprint density at radius 2 is 1.70 bits per heavy atom.